The lowest BCUT2D eigenvalue weighted by Crippen LogP contribution is -2.27. The standard InChI is InChI=1S/C13H19N5O/c1-9(2)18-12(15-8-16-18)7-14-13(19)11-6-5-10(3)17(11)4/h5-6,8-9H,7H2,1-4H3,(H,14,19). The summed E-state index contributed by atoms with van der Waals surface area (Å²) in [5.41, 5.74) is 1.70. The molecule has 2 aromatic rings. The minimum atomic E-state index is -0.103. The summed E-state index contributed by atoms with van der Waals surface area (Å²) >= 11 is 0. The Kier molecular flexibility index (Phi) is 3.69. The summed E-state index contributed by atoms with van der Waals surface area (Å²) < 4.78 is 3.67. The molecule has 6 heteroatoms. The number of hydrogen-bond acceptors (Lipinski definition) is 3. The fourth-order valence-corrected chi connectivity index (χ4v) is 1.92. The third-order valence-corrected chi connectivity index (χ3v) is 3.15. The van der Waals surface area contributed by atoms with Crippen molar-refractivity contribution in [1.29, 1.82) is 0 Å². The number of rotatable bonds is 4. The first-order chi connectivity index (χ1) is 9.00. The molecule has 6 nitrogen and oxygen atoms in total. The van der Waals surface area contributed by atoms with Crippen molar-refractivity contribution < 1.29 is 4.79 Å². The van der Waals surface area contributed by atoms with Crippen molar-refractivity contribution in [3.8, 4) is 0 Å². The molecule has 1 amide bonds. The van der Waals surface area contributed by atoms with E-state index in [1.165, 1.54) is 6.33 Å². The van der Waals surface area contributed by atoms with Gasteiger partial charge in [-0.2, -0.15) is 5.10 Å². The van der Waals surface area contributed by atoms with Gasteiger partial charge in [-0.15, -0.1) is 0 Å². The average molecular weight is 261 g/mol. The van der Waals surface area contributed by atoms with Crippen molar-refractivity contribution in [2.24, 2.45) is 7.05 Å². The van der Waals surface area contributed by atoms with Crippen molar-refractivity contribution in [1.82, 2.24) is 24.6 Å². The van der Waals surface area contributed by atoms with E-state index >= 15 is 0 Å². The molecule has 0 aliphatic carbocycles. The number of aryl methyl sites for hydroxylation is 1. The number of hydrogen-bond donors (Lipinski definition) is 1. The lowest BCUT2D eigenvalue weighted by molar-refractivity contribution is 0.0940. The molecule has 1 N–H and O–H groups in total. The van der Waals surface area contributed by atoms with Crippen LogP contribution in [-0.2, 0) is 13.6 Å². The monoisotopic (exact) mass is 261 g/mol. The second kappa shape index (κ2) is 5.26. The number of carbonyl (C=O) groups excluding carboxylic acids is 1. The summed E-state index contributed by atoms with van der Waals surface area (Å²) in [6.45, 7) is 6.40. The summed E-state index contributed by atoms with van der Waals surface area (Å²) in [6, 6.07) is 3.97. The van der Waals surface area contributed by atoms with Gasteiger partial charge in [-0.1, -0.05) is 0 Å². The second-order valence-electron chi connectivity index (χ2n) is 4.82. The number of nitrogens with zero attached hydrogens (tertiary/aromatic N) is 4. The quantitative estimate of drug-likeness (QED) is 0.905. The molecule has 0 fully saturated rings. The Labute approximate surface area is 112 Å². The zero-order valence-electron chi connectivity index (χ0n) is 11.7. The minimum Gasteiger partial charge on any atom is -0.344 e. The van der Waals surface area contributed by atoms with Gasteiger partial charge in [0.15, 0.2) is 0 Å². The predicted molar refractivity (Wildman–Crippen MR) is 71.7 cm³/mol. The molecule has 0 saturated carbocycles. The van der Waals surface area contributed by atoms with Gasteiger partial charge in [0, 0.05) is 18.8 Å². The van der Waals surface area contributed by atoms with E-state index in [9.17, 15) is 4.79 Å². The number of amides is 1. The molecule has 102 valence electrons. The minimum absolute atomic E-state index is 0.103. The topological polar surface area (TPSA) is 64.7 Å². The molecular formula is C13H19N5O. The van der Waals surface area contributed by atoms with Crippen LogP contribution in [0.4, 0.5) is 0 Å². The van der Waals surface area contributed by atoms with Gasteiger partial charge < -0.3 is 9.88 Å². The molecule has 0 spiro atoms. The molecule has 0 radical (unpaired) electrons. The fraction of sp³-hybridized carbons (Fsp3) is 0.462. The van der Waals surface area contributed by atoms with Gasteiger partial charge in [0.1, 0.15) is 17.8 Å². The zero-order valence-corrected chi connectivity index (χ0v) is 11.7. The Hall–Kier alpha value is -2.11. The highest BCUT2D eigenvalue weighted by atomic mass is 16.1. The maximum atomic E-state index is 12.1. The summed E-state index contributed by atoms with van der Waals surface area (Å²) in [5.74, 6) is 0.656. The van der Waals surface area contributed by atoms with Crippen LogP contribution in [0, 0.1) is 6.92 Å². The summed E-state index contributed by atoms with van der Waals surface area (Å²) in [6.07, 6.45) is 1.51. The maximum Gasteiger partial charge on any atom is 0.268 e. The van der Waals surface area contributed by atoms with E-state index in [1.54, 1.807) is 4.68 Å². The van der Waals surface area contributed by atoms with E-state index in [-0.39, 0.29) is 11.9 Å². The lowest BCUT2D eigenvalue weighted by atomic mass is 10.3. The van der Waals surface area contributed by atoms with E-state index in [2.05, 4.69) is 15.4 Å². The van der Waals surface area contributed by atoms with Crippen molar-refractivity contribution in [3.63, 3.8) is 0 Å². The molecule has 0 atom stereocenters. The average Bonchev–Trinajstić information content (AvgIpc) is 2.95. The van der Waals surface area contributed by atoms with E-state index in [0.29, 0.717) is 12.2 Å². The van der Waals surface area contributed by atoms with E-state index in [0.717, 1.165) is 11.5 Å². The first kappa shape index (κ1) is 13.3. The van der Waals surface area contributed by atoms with Crippen LogP contribution in [-0.4, -0.2) is 25.2 Å². The molecule has 0 aromatic carbocycles. The normalized spacial score (nSPS) is 11.0. The van der Waals surface area contributed by atoms with E-state index < -0.39 is 0 Å². The Morgan fingerprint density at radius 2 is 2.16 bits per heavy atom. The summed E-state index contributed by atoms with van der Waals surface area (Å²) in [4.78, 5) is 16.2. The van der Waals surface area contributed by atoms with Crippen LogP contribution in [0.5, 0.6) is 0 Å². The first-order valence-corrected chi connectivity index (χ1v) is 6.29. The van der Waals surface area contributed by atoms with Crippen LogP contribution >= 0.6 is 0 Å². The van der Waals surface area contributed by atoms with Crippen LogP contribution in [0.2, 0.25) is 0 Å². The maximum absolute atomic E-state index is 12.1. The first-order valence-electron chi connectivity index (χ1n) is 6.29. The fourth-order valence-electron chi connectivity index (χ4n) is 1.92. The van der Waals surface area contributed by atoms with E-state index in [4.69, 9.17) is 0 Å². The Balaban J connectivity index is 2.05. The SMILES string of the molecule is Cc1ccc(C(=O)NCc2ncnn2C(C)C)n1C. The lowest BCUT2D eigenvalue weighted by Gasteiger charge is -2.10. The summed E-state index contributed by atoms with van der Waals surface area (Å²) in [5, 5.41) is 7.00. The van der Waals surface area contributed by atoms with Gasteiger partial charge in [0.25, 0.3) is 5.91 Å². The second-order valence-corrected chi connectivity index (χ2v) is 4.82. The van der Waals surface area contributed by atoms with Gasteiger partial charge >= 0.3 is 0 Å². The number of aromatic nitrogens is 4. The number of carbonyl (C=O) groups is 1. The van der Waals surface area contributed by atoms with Gasteiger partial charge in [-0.25, -0.2) is 9.67 Å². The molecule has 0 unspecified atom stereocenters. The highest BCUT2D eigenvalue weighted by molar-refractivity contribution is 5.92. The van der Waals surface area contributed by atoms with Crippen molar-refractivity contribution in [2.75, 3.05) is 0 Å². The summed E-state index contributed by atoms with van der Waals surface area (Å²) in [7, 11) is 1.88. The van der Waals surface area contributed by atoms with Crippen molar-refractivity contribution >= 4 is 5.91 Å². The number of nitrogens with one attached hydrogen (secondary N) is 1. The molecule has 0 aliphatic heterocycles. The zero-order chi connectivity index (χ0) is 14.0. The smallest absolute Gasteiger partial charge is 0.268 e. The highest BCUT2D eigenvalue weighted by Crippen LogP contribution is 2.07. The third-order valence-electron chi connectivity index (χ3n) is 3.15. The van der Waals surface area contributed by atoms with Crippen LogP contribution in [0.1, 0.15) is 41.9 Å². The van der Waals surface area contributed by atoms with Crippen LogP contribution in [0.15, 0.2) is 18.5 Å². The molecule has 2 heterocycles. The van der Waals surface area contributed by atoms with Gasteiger partial charge in [-0.3, -0.25) is 4.79 Å². The van der Waals surface area contributed by atoms with Crippen LogP contribution in [0.25, 0.3) is 0 Å². The largest absolute Gasteiger partial charge is 0.344 e. The predicted octanol–water partition coefficient (Wildman–Crippen LogP) is 1.44. The third kappa shape index (κ3) is 2.67. The van der Waals surface area contributed by atoms with Crippen molar-refractivity contribution in [2.45, 2.75) is 33.4 Å². The molecule has 2 rings (SSSR count). The van der Waals surface area contributed by atoms with E-state index in [1.807, 2.05) is 44.5 Å². The molecule has 19 heavy (non-hydrogen) atoms. The molecule has 0 bridgehead atoms. The molecular weight excluding hydrogens is 242 g/mol. The van der Waals surface area contributed by atoms with Crippen LogP contribution < -0.4 is 5.32 Å². The Morgan fingerprint density at radius 1 is 1.42 bits per heavy atom. The molecule has 2 aromatic heterocycles. The molecule has 0 saturated heterocycles. The van der Waals surface area contributed by atoms with Gasteiger partial charge in [0.05, 0.1) is 6.54 Å². The van der Waals surface area contributed by atoms with Crippen LogP contribution in [0.3, 0.4) is 0 Å². The molecule has 0 aliphatic rings. The Morgan fingerprint density at radius 3 is 2.74 bits per heavy atom. The van der Waals surface area contributed by atoms with Gasteiger partial charge in [0.2, 0.25) is 0 Å². The highest BCUT2D eigenvalue weighted by Gasteiger charge is 2.13. The van der Waals surface area contributed by atoms with Crippen molar-refractivity contribution in [3.05, 3.63) is 35.7 Å². The van der Waals surface area contributed by atoms with Gasteiger partial charge in [-0.05, 0) is 32.9 Å². The Bertz CT molecular complexity index is 582.